The molecule has 0 aromatic heterocycles. The van der Waals surface area contributed by atoms with Crippen molar-refractivity contribution in [2.24, 2.45) is 5.73 Å². The molecular weight excluding hydrogens is 265 g/mol. The molecule has 0 fully saturated rings. The Morgan fingerprint density at radius 1 is 1.05 bits per heavy atom. The fourth-order valence-corrected chi connectivity index (χ4v) is 2.41. The molecule has 4 heteroatoms. The van der Waals surface area contributed by atoms with Crippen LogP contribution in [-0.2, 0) is 0 Å². The van der Waals surface area contributed by atoms with Crippen LogP contribution < -0.4 is 5.73 Å². The van der Waals surface area contributed by atoms with E-state index in [1.54, 1.807) is 36.4 Å². The Morgan fingerprint density at radius 3 is 2.21 bits per heavy atom. The van der Waals surface area contributed by atoms with Crippen LogP contribution in [0.5, 0.6) is 0 Å². The summed E-state index contributed by atoms with van der Waals surface area (Å²) in [4.78, 5) is 0. The third-order valence-electron chi connectivity index (χ3n) is 3.16. The van der Waals surface area contributed by atoms with Crippen LogP contribution in [0.15, 0.2) is 48.5 Å². The van der Waals surface area contributed by atoms with Gasteiger partial charge in [-0.15, -0.1) is 0 Å². The summed E-state index contributed by atoms with van der Waals surface area (Å²) in [5.41, 5.74) is 6.68. The molecule has 2 aromatic rings. The standard InChI is InChI=1S/C15H15ClFNO/c16-13-7-3-1-5-10(13)12(9-18)15(19)11-6-2-4-8-14(11)17/h1-8,12,15,19H,9,18H2. The second-order valence-electron chi connectivity index (χ2n) is 4.33. The Bertz CT molecular complexity index is 561. The Hall–Kier alpha value is -1.42. The first-order valence-corrected chi connectivity index (χ1v) is 6.40. The maximum atomic E-state index is 13.7. The molecule has 2 aromatic carbocycles. The molecule has 0 aliphatic carbocycles. The van der Waals surface area contributed by atoms with Crippen LogP contribution in [-0.4, -0.2) is 11.7 Å². The van der Waals surface area contributed by atoms with Gasteiger partial charge in [-0.1, -0.05) is 48.0 Å². The van der Waals surface area contributed by atoms with E-state index in [9.17, 15) is 9.50 Å². The van der Waals surface area contributed by atoms with Crippen LogP contribution in [0.3, 0.4) is 0 Å². The molecular formula is C15H15ClFNO. The van der Waals surface area contributed by atoms with Gasteiger partial charge in [0.15, 0.2) is 0 Å². The molecule has 0 bridgehead atoms. The van der Waals surface area contributed by atoms with E-state index < -0.39 is 17.8 Å². The lowest BCUT2D eigenvalue weighted by Gasteiger charge is -2.23. The van der Waals surface area contributed by atoms with E-state index in [0.29, 0.717) is 5.02 Å². The predicted octanol–water partition coefficient (Wildman–Crippen LogP) is 3.26. The molecule has 0 saturated heterocycles. The van der Waals surface area contributed by atoms with Crippen LogP contribution in [0.2, 0.25) is 5.02 Å². The summed E-state index contributed by atoms with van der Waals surface area (Å²) >= 11 is 6.11. The second-order valence-corrected chi connectivity index (χ2v) is 4.74. The van der Waals surface area contributed by atoms with Crippen LogP contribution in [0.4, 0.5) is 4.39 Å². The molecule has 2 rings (SSSR count). The summed E-state index contributed by atoms with van der Waals surface area (Å²) in [6.07, 6.45) is -1.02. The normalized spacial score (nSPS) is 14.1. The quantitative estimate of drug-likeness (QED) is 0.902. The first kappa shape index (κ1) is 14.0. The summed E-state index contributed by atoms with van der Waals surface area (Å²) < 4.78 is 13.7. The van der Waals surface area contributed by atoms with Gasteiger partial charge in [0, 0.05) is 23.0 Å². The summed E-state index contributed by atoms with van der Waals surface area (Å²) in [6, 6.07) is 13.3. The van der Waals surface area contributed by atoms with Gasteiger partial charge in [-0.2, -0.15) is 0 Å². The average molecular weight is 280 g/mol. The number of rotatable bonds is 4. The predicted molar refractivity (Wildman–Crippen MR) is 74.6 cm³/mol. The van der Waals surface area contributed by atoms with Crippen molar-refractivity contribution in [2.75, 3.05) is 6.54 Å². The van der Waals surface area contributed by atoms with Crippen molar-refractivity contribution in [3.05, 3.63) is 70.5 Å². The number of halogens is 2. The first-order valence-electron chi connectivity index (χ1n) is 6.02. The van der Waals surface area contributed by atoms with Gasteiger partial charge < -0.3 is 10.8 Å². The molecule has 0 spiro atoms. The van der Waals surface area contributed by atoms with Crippen molar-refractivity contribution in [1.82, 2.24) is 0 Å². The summed E-state index contributed by atoms with van der Waals surface area (Å²) in [6.45, 7) is 0.180. The van der Waals surface area contributed by atoms with E-state index in [0.717, 1.165) is 5.56 Å². The van der Waals surface area contributed by atoms with E-state index in [-0.39, 0.29) is 12.1 Å². The first-order chi connectivity index (χ1) is 9.15. The van der Waals surface area contributed by atoms with Gasteiger partial charge in [0.25, 0.3) is 0 Å². The smallest absolute Gasteiger partial charge is 0.129 e. The molecule has 2 unspecified atom stereocenters. The minimum atomic E-state index is -1.02. The second kappa shape index (κ2) is 6.15. The zero-order chi connectivity index (χ0) is 13.8. The van der Waals surface area contributed by atoms with Gasteiger partial charge in [0.2, 0.25) is 0 Å². The maximum absolute atomic E-state index is 13.7. The van der Waals surface area contributed by atoms with E-state index in [1.165, 1.54) is 6.07 Å². The van der Waals surface area contributed by atoms with Gasteiger partial charge >= 0.3 is 0 Å². The lowest BCUT2D eigenvalue weighted by Crippen LogP contribution is -2.21. The molecule has 2 atom stereocenters. The number of aliphatic hydroxyl groups excluding tert-OH is 1. The number of hydrogen-bond donors (Lipinski definition) is 2. The number of aliphatic hydroxyl groups is 1. The topological polar surface area (TPSA) is 46.2 Å². The Balaban J connectivity index is 2.38. The third-order valence-corrected chi connectivity index (χ3v) is 3.51. The highest BCUT2D eigenvalue weighted by atomic mass is 35.5. The molecule has 0 amide bonds. The largest absolute Gasteiger partial charge is 0.388 e. The van der Waals surface area contributed by atoms with Gasteiger partial charge in [0.05, 0.1) is 6.10 Å². The molecule has 19 heavy (non-hydrogen) atoms. The van der Waals surface area contributed by atoms with Crippen LogP contribution in [0, 0.1) is 5.82 Å². The van der Waals surface area contributed by atoms with Gasteiger partial charge in [-0.3, -0.25) is 0 Å². The van der Waals surface area contributed by atoms with Gasteiger partial charge in [-0.05, 0) is 17.7 Å². The molecule has 100 valence electrons. The van der Waals surface area contributed by atoms with Crippen molar-refractivity contribution in [3.63, 3.8) is 0 Å². The summed E-state index contributed by atoms with van der Waals surface area (Å²) in [7, 11) is 0. The zero-order valence-electron chi connectivity index (χ0n) is 10.3. The number of hydrogen-bond acceptors (Lipinski definition) is 2. The van der Waals surface area contributed by atoms with Crippen molar-refractivity contribution >= 4 is 11.6 Å². The van der Waals surface area contributed by atoms with Crippen LogP contribution in [0.25, 0.3) is 0 Å². The Labute approximate surface area is 116 Å². The summed E-state index contributed by atoms with van der Waals surface area (Å²) in [5.74, 6) is -0.883. The molecule has 0 saturated carbocycles. The lowest BCUT2D eigenvalue weighted by molar-refractivity contribution is 0.143. The van der Waals surface area contributed by atoms with E-state index >= 15 is 0 Å². The average Bonchev–Trinajstić information content (AvgIpc) is 2.42. The molecule has 0 aliphatic heterocycles. The Morgan fingerprint density at radius 2 is 1.63 bits per heavy atom. The number of nitrogens with two attached hydrogens (primary N) is 1. The maximum Gasteiger partial charge on any atom is 0.129 e. The molecule has 0 aliphatic rings. The lowest BCUT2D eigenvalue weighted by atomic mass is 9.89. The molecule has 0 heterocycles. The van der Waals surface area contributed by atoms with Crippen LogP contribution >= 0.6 is 11.6 Å². The van der Waals surface area contributed by atoms with E-state index in [1.807, 2.05) is 6.07 Å². The van der Waals surface area contributed by atoms with Crippen molar-refractivity contribution < 1.29 is 9.50 Å². The highest BCUT2D eigenvalue weighted by Crippen LogP contribution is 2.34. The highest BCUT2D eigenvalue weighted by Gasteiger charge is 2.25. The van der Waals surface area contributed by atoms with Crippen molar-refractivity contribution in [1.29, 1.82) is 0 Å². The van der Waals surface area contributed by atoms with Crippen molar-refractivity contribution in [3.8, 4) is 0 Å². The van der Waals surface area contributed by atoms with Gasteiger partial charge in [0.1, 0.15) is 5.82 Å². The fraction of sp³-hybridized carbons (Fsp3) is 0.200. The SMILES string of the molecule is NCC(c1ccccc1Cl)C(O)c1ccccc1F. The molecule has 0 radical (unpaired) electrons. The zero-order valence-corrected chi connectivity index (χ0v) is 11.0. The minimum Gasteiger partial charge on any atom is -0.388 e. The minimum absolute atomic E-state index is 0.180. The highest BCUT2D eigenvalue weighted by molar-refractivity contribution is 6.31. The third kappa shape index (κ3) is 2.95. The molecule has 3 N–H and O–H groups in total. The van der Waals surface area contributed by atoms with Crippen LogP contribution in [0.1, 0.15) is 23.1 Å². The fourth-order valence-electron chi connectivity index (χ4n) is 2.13. The summed E-state index contributed by atoms with van der Waals surface area (Å²) in [5, 5.41) is 10.9. The van der Waals surface area contributed by atoms with E-state index in [2.05, 4.69) is 0 Å². The van der Waals surface area contributed by atoms with Gasteiger partial charge in [-0.25, -0.2) is 4.39 Å². The Kier molecular flexibility index (Phi) is 4.53. The molecule has 2 nitrogen and oxygen atoms in total. The number of benzene rings is 2. The monoisotopic (exact) mass is 279 g/mol. The van der Waals surface area contributed by atoms with Crippen molar-refractivity contribution in [2.45, 2.75) is 12.0 Å². The van der Waals surface area contributed by atoms with E-state index in [4.69, 9.17) is 17.3 Å².